The van der Waals surface area contributed by atoms with E-state index in [0.717, 1.165) is 23.1 Å². The molecule has 1 amide bonds. The van der Waals surface area contributed by atoms with Gasteiger partial charge in [-0.2, -0.15) is 0 Å². The van der Waals surface area contributed by atoms with Crippen LogP contribution in [0.2, 0.25) is 0 Å². The van der Waals surface area contributed by atoms with Crippen molar-refractivity contribution in [2.45, 2.75) is 6.42 Å². The number of hydrogen-bond acceptors (Lipinski definition) is 5. The number of carbonyl (C=O) groups excluding carboxylic acids is 2. The molecule has 0 bridgehead atoms. The van der Waals surface area contributed by atoms with Crippen LogP contribution in [0.1, 0.15) is 16.8 Å². The summed E-state index contributed by atoms with van der Waals surface area (Å²) in [5.41, 5.74) is -0.724. The summed E-state index contributed by atoms with van der Waals surface area (Å²) in [5.74, 6) is -2.24. The Morgan fingerprint density at radius 3 is 2.53 bits per heavy atom. The molecule has 1 fully saturated rings. The largest absolute Gasteiger partial charge is 0.478 e. The van der Waals surface area contributed by atoms with Crippen molar-refractivity contribution < 1.29 is 24.4 Å². The highest BCUT2D eigenvalue weighted by Gasteiger charge is 2.32. The highest BCUT2D eigenvalue weighted by atomic mass is 16.6. The van der Waals surface area contributed by atoms with Gasteiger partial charge in [0.1, 0.15) is 0 Å². The minimum absolute atomic E-state index is 0.127. The molecule has 0 radical (unpaired) electrons. The zero-order valence-electron chi connectivity index (χ0n) is 9.53. The molecule has 0 spiro atoms. The van der Waals surface area contributed by atoms with Crippen molar-refractivity contribution in [2.24, 2.45) is 0 Å². The summed E-state index contributed by atoms with van der Waals surface area (Å²) in [6.07, 6.45) is -0.318. The van der Waals surface area contributed by atoms with E-state index >= 15 is 0 Å². The Balaban J connectivity index is 2.55. The van der Waals surface area contributed by atoms with Gasteiger partial charge in [0.15, 0.2) is 5.78 Å². The number of anilines is 1. The third-order valence-electron chi connectivity index (χ3n) is 2.70. The molecular weight excluding hydrogens is 256 g/mol. The molecule has 1 aromatic carbocycles. The molecule has 1 aliphatic rings. The van der Waals surface area contributed by atoms with E-state index in [-0.39, 0.29) is 35.7 Å². The van der Waals surface area contributed by atoms with E-state index < -0.39 is 16.8 Å². The van der Waals surface area contributed by atoms with E-state index in [1.807, 2.05) is 0 Å². The highest BCUT2D eigenvalue weighted by molar-refractivity contribution is 6.16. The van der Waals surface area contributed by atoms with Crippen LogP contribution < -0.4 is 4.90 Å². The molecule has 1 N–H and O–H groups in total. The van der Waals surface area contributed by atoms with Crippen molar-refractivity contribution in [1.82, 2.24) is 0 Å². The maximum atomic E-state index is 11.6. The molecule has 8 nitrogen and oxygen atoms in total. The molecule has 98 valence electrons. The van der Waals surface area contributed by atoms with Gasteiger partial charge >= 0.3 is 5.97 Å². The average Bonchev–Trinajstić information content (AvgIpc) is 2.67. The first-order valence-electron chi connectivity index (χ1n) is 5.24. The summed E-state index contributed by atoms with van der Waals surface area (Å²) in [6, 6.07) is 3.07. The maximum Gasteiger partial charge on any atom is 0.337 e. The molecule has 0 aliphatic carbocycles. The van der Waals surface area contributed by atoms with E-state index in [0.29, 0.717) is 0 Å². The van der Waals surface area contributed by atoms with E-state index in [2.05, 4.69) is 0 Å². The summed E-state index contributed by atoms with van der Waals surface area (Å²) >= 11 is 0. The lowest BCUT2D eigenvalue weighted by molar-refractivity contribution is -0.384. The maximum absolute atomic E-state index is 11.6. The molecular formula is C11H8N2O6. The zero-order valence-corrected chi connectivity index (χ0v) is 9.53. The van der Waals surface area contributed by atoms with E-state index in [1.54, 1.807) is 0 Å². The number of carboxylic acid groups (broad SMARTS) is 1. The fourth-order valence-electron chi connectivity index (χ4n) is 1.84. The number of carboxylic acids is 1. The van der Waals surface area contributed by atoms with E-state index in [1.165, 1.54) is 0 Å². The smallest absolute Gasteiger partial charge is 0.337 e. The van der Waals surface area contributed by atoms with Gasteiger partial charge in [-0.1, -0.05) is 0 Å². The lowest BCUT2D eigenvalue weighted by Gasteiger charge is -2.16. The molecule has 8 heteroatoms. The number of nitrogens with zero attached hydrogens (tertiary/aromatic N) is 2. The third kappa shape index (κ3) is 2.28. The van der Waals surface area contributed by atoms with Crippen LogP contribution in [0.3, 0.4) is 0 Å². The van der Waals surface area contributed by atoms with Crippen LogP contribution in [-0.4, -0.2) is 34.2 Å². The number of aromatic carboxylic acids is 1. The lowest BCUT2D eigenvalue weighted by atomic mass is 10.1. The molecule has 1 saturated heterocycles. The number of amides is 1. The van der Waals surface area contributed by atoms with Gasteiger partial charge in [-0.15, -0.1) is 0 Å². The Hall–Kier alpha value is -2.77. The van der Waals surface area contributed by atoms with Gasteiger partial charge in [-0.25, -0.2) is 4.79 Å². The zero-order chi connectivity index (χ0) is 14.2. The first-order valence-corrected chi connectivity index (χ1v) is 5.24. The predicted octanol–water partition coefficient (Wildman–Crippen LogP) is 0.599. The van der Waals surface area contributed by atoms with Crippen LogP contribution in [0.25, 0.3) is 0 Å². The van der Waals surface area contributed by atoms with Crippen molar-refractivity contribution in [3.05, 3.63) is 33.9 Å². The topological polar surface area (TPSA) is 118 Å². The molecule has 0 atom stereocenters. The van der Waals surface area contributed by atoms with E-state index in [4.69, 9.17) is 5.11 Å². The summed E-state index contributed by atoms with van der Waals surface area (Å²) in [6.45, 7) is -0.264. The lowest BCUT2D eigenvalue weighted by Crippen LogP contribution is -2.26. The minimum atomic E-state index is -1.32. The molecule has 1 heterocycles. The van der Waals surface area contributed by atoms with Gasteiger partial charge in [0.25, 0.3) is 5.69 Å². The number of nitro groups is 1. The monoisotopic (exact) mass is 264 g/mol. The second-order valence-electron chi connectivity index (χ2n) is 3.96. The van der Waals surface area contributed by atoms with Gasteiger partial charge in [-0.05, 0) is 6.07 Å². The summed E-state index contributed by atoms with van der Waals surface area (Å²) < 4.78 is 0. The van der Waals surface area contributed by atoms with Crippen LogP contribution in [0, 0.1) is 10.1 Å². The normalized spacial score (nSPS) is 14.8. The highest BCUT2D eigenvalue weighted by Crippen LogP contribution is 2.28. The van der Waals surface area contributed by atoms with Crippen LogP contribution in [-0.2, 0) is 9.59 Å². The molecule has 0 unspecified atom stereocenters. The Labute approximate surface area is 106 Å². The predicted molar refractivity (Wildman–Crippen MR) is 62.0 cm³/mol. The van der Waals surface area contributed by atoms with Gasteiger partial charge in [0.2, 0.25) is 5.91 Å². The van der Waals surface area contributed by atoms with Crippen molar-refractivity contribution in [3.8, 4) is 0 Å². The SMILES string of the molecule is O=C1CC(=O)N(c2cc([N+](=O)[O-])ccc2C(=O)O)C1. The molecule has 19 heavy (non-hydrogen) atoms. The fraction of sp³-hybridized carbons (Fsp3) is 0.182. The quantitative estimate of drug-likeness (QED) is 0.485. The van der Waals surface area contributed by atoms with Gasteiger partial charge in [-0.3, -0.25) is 19.7 Å². The number of ketones is 1. The average molecular weight is 264 g/mol. The number of benzene rings is 1. The Bertz CT molecular complexity index is 609. The first kappa shape index (κ1) is 12.7. The second-order valence-corrected chi connectivity index (χ2v) is 3.96. The van der Waals surface area contributed by atoms with Crippen LogP contribution in [0.5, 0.6) is 0 Å². The first-order chi connectivity index (χ1) is 8.90. The van der Waals surface area contributed by atoms with Crippen molar-refractivity contribution in [2.75, 3.05) is 11.4 Å². The van der Waals surface area contributed by atoms with E-state index in [9.17, 15) is 24.5 Å². The molecule has 0 saturated carbocycles. The Morgan fingerprint density at radius 1 is 1.37 bits per heavy atom. The number of rotatable bonds is 3. The van der Waals surface area contributed by atoms with Crippen molar-refractivity contribution in [1.29, 1.82) is 0 Å². The minimum Gasteiger partial charge on any atom is -0.478 e. The summed E-state index contributed by atoms with van der Waals surface area (Å²) in [5, 5.41) is 19.7. The Morgan fingerprint density at radius 2 is 2.05 bits per heavy atom. The molecule has 2 rings (SSSR count). The Kier molecular flexibility index (Phi) is 2.99. The van der Waals surface area contributed by atoms with Gasteiger partial charge in [0, 0.05) is 12.1 Å². The fourth-order valence-corrected chi connectivity index (χ4v) is 1.84. The van der Waals surface area contributed by atoms with Crippen LogP contribution >= 0.6 is 0 Å². The summed E-state index contributed by atoms with van der Waals surface area (Å²) in [7, 11) is 0. The van der Waals surface area contributed by atoms with Crippen molar-refractivity contribution in [3.63, 3.8) is 0 Å². The molecule has 0 aromatic heterocycles. The van der Waals surface area contributed by atoms with Gasteiger partial charge < -0.3 is 10.0 Å². The third-order valence-corrected chi connectivity index (χ3v) is 2.70. The molecule has 1 aliphatic heterocycles. The summed E-state index contributed by atoms with van der Waals surface area (Å²) in [4.78, 5) is 44.8. The van der Waals surface area contributed by atoms with Gasteiger partial charge in [0.05, 0.1) is 29.1 Å². The van der Waals surface area contributed by atoms with Crippen molar-refractivity contribution >= 4 is 29.0 Å². The second kappa shape index (κ2) is 4.48. The molecule has 1 aromatic rings. The van der Waals surface area contributed by atoms with Crippen LogP contribution in [0.15, 0.2) is 18.2 Å². The number of non-ortho nitro benzene ring substituents is 1. The number of carbonyl (C=O) groups is 3. The number of hydrogen-bond donors (Lipinski definition) is 1. The standard InChI is InChI=1S/C11H8N2O6/c14-7-4-10(15)12(5-7)9-3-6(13(18)19)1-2-8(9)11(16)17/h1-3H,4-5H2,(H,16,17). The van der Waals surface area contributed by atoms with Crippen LogP contribution in [0.4, 0.5) is 11.4 Å². The number of nitro benzene ring substituents is 1. The number of Topliss-reactive ketones (excluding diaryl/α,β-unsaturated/α-hetero) is 1.